The van der Waals surface area contributed by atoms with Crippen molar-refractivity contribution in [2.24, 2.45) is 0 Å². The maximum Gasteiger partial charge on any atom is 0.279 e. The second kappa shape index (κ2) is 8.38. The van der Waals surface area contributed by atoms with Crippen LogP contribution < -0.4 is 10.2 Å². The van der Waals surface area contributed by atoms with Gasteiger partial charge in [-0.1, -0.05) is 24.3 Å². The molecule has 0 spiro atoms. The predicted molar refractivity (Wildman–Crippen MR) is 105 cm³/mol. The lowest BCUT2D eigenvalue weighted by Gasteiger charge is -2.31. The highest BCUT2D eigenvalue weighted by Gasteiger charge is 2.32. The Morgan fingerprint density at radius 3 is 2.46 bits per heavy atom. The Hall–Kier alpha value is -2.29. The standard InChI is InChI=1S/C20H24FN3O3S/c1-15-6-5-8-18(16(15)2)22-20(25)14-23-10-12-24(13-11-23)28(26,27)19-9-4-3-7-17(19)21/h3-9H,10-14H2,1-2H3,(H,22,25)/p+1. The molecule has 0 aliphatic carbocycles. The number of nitrogens with one attached hydrogen (secondary N) is 2. The molecule has 2 aromatic rings. The Labute approximate surface area is 165 Å². The van der Waals surface area contributed by atoms with Gasteiger partial charge in [-0.15, -0.1) is 0 Å². The monoisotopic (exact) mass is 406 g/mol. The molecule has 1 aliphatic rings. The lowest BCUT2D eigenvalue weighted by Crippen LogP contribution is -3.15. The molecule has 0 radical (unpaired) electrons. The van der Waals surface area contributed by atoms with Crippen LogP contribution in [0.25, 0.3) is 0 Å². The predicted octanol–water partition coefficient (Wildman–Crippen LogP) is 0.970. The zero-order valence-electron chi connectivity index (χ0n) is 16.0. The van der Waals surface area contributed by atoms with Crippen molar-refractivity contribution in [2.45, 2.75) is 18.7 Å². The molecule has 1 aliphatic heterocycles. The number of hydrogen-bond donors (Lipinski definition) is 2. The fraction of sp³-hybridized carbons (Fsp3) is 0.350. The smallest absolute Gasteiger partial charge is 0.279 e. The first kappa shape index (κ1) is 20.4. The SMILES string of the molecule is Cc1cccc(NC(=O)C[NH+]2CCN(S(=O)(=O)c3ccccc3F)CC2)c1C. The van der Waals surface area contributed by atoms with Gasteiger partial charge in [0.05, 0.1) is 26.2 Å². The zero-order valence-corrected chi connectivity index (χ0v) is 16.9. The molecule has 2 N–H and O–H groups in total. The zero-order chi connectivity index (χ0) is 20.3. The molecule has 0 aromatic heterocycles. The van der Waals surface area contributed by atoms with E-state index >= 15 is 0 Å². The Bertz CT molecular complexity index is 970. The molecule has 0 atom stereocenters. The van der Waals surface area contributed by atoms with Gasteiger partial charge >= 0.3 is 0 Å². The van der Waals surface area contributed by atoms with Crippen LogP contribution in [-0.4, -0.2) is 51.4 Å². The Balaban J connectivity index is 1.57. The number of halogens is 1. The van der Waals surface area contributed by atoms with Crippen molar-refractivity contribution in [3.05, 3.63) is 59.4 Å². The normalized spacial score (nSPS) is 16.1. The van der Waals surface area contributed by atoms with Crippen LogP contribution in [0.15, 0.2) is 47.4 Å². The number of aryl methyl sites for hydroxylation is 1. The molecule has 150 valence electrons. The number of hydrogen-bond acceptors (Lipinski definition) is 3. The van der Waals surface area contributed by atoms with E-state index in [2.05, 4.69) is 5.32 Å². The number of carbonyl (C=O) groups is 1. The summed E-state index contributed by atoms with van der Waals surface area (Å²) in [6.07, 6.45) is 0. The minimum atomic E-state index is -3.86. The summed E-state index contributed by atoms with van der Waals surface area (Å²) >= 11 is 0. The molecule has 1 saturated heterocycles. The number of quaternary nitrogens is 1. The van der Waals surface area contributed by atoms with Crippen LogP contribution in [0.4, 0.5) is 10.1 Å². The van der Waals surface area contributed by atoms with Crippen LogP contribution in [0.5, 0.6) is 0 Å². The fourth-order valence-corrected chi connectivity index (χ4v) is 4.83. The Morgan fingerprint density at radius 2 is 1.79 bits per heavy atom. The molecule has 1 amide bonds. The average Bonchev–Trinajstić information content (AvgIpc) is 2.66. The van der Waals surface area contributed by atoms with Crippen LogP contribution in [-0.2, 0) is 14.8 Å². The minimum Gasteiger partial charge on any atom is -0.325 e. The molecule has 0 bridgehead atoms. The van der Waals surface area contributed by atoms with Crippen LogP contribution in [0.1, 0.15) is 11.1 Å². The van der Waals surface area contributed by atoms with Gasteiger partial charge in [0.1, 0.15) is 10.7 Å². The minimum absolute atomic E-state index is 0.103. The first-order chi connectivity index (χ1) is 13.3. The molecule has 2 aromatic carbocycles. The van der Waals surface area contributed by atoms with Crippen molar-refractivity contribution < 1.29 is 22.5 Å². The highest BCUT2D eigenvalue weighted by Crippen LogP contribution is 2.19. The third-order valence-electron chi connectivity index (χ3n) is 5.17. The van der Waals surface area contributed by atoms with Crippen LogP contribution >= 0.6 is 0 Å². The van der Waals surface area contributed by atoms with Crippen LogP contribution in [0.3, 0.4) is 0 Å². The van der Waals surface area contributed by atoms with Crippen LogP contribution in [0, 0.1) is 19.7 Å². The van der Waals surface area contributed by atoms with Crippen molar-refractivity contribution in [3.8, 4) is 0 Å². The van der Waals surface area contributed by atoms with Crippen molar-refractivity contribution in [3.63, 3.8) is 0 Å². The van der Waals surface area contributed by atoms with Gasteiger partial charge in [-0.3, -0.25) is 4.79 Å². The number of anilines is 1. The summed E-state index contributed by atoms with van der Waals surface area (Å²) in [6.45, 7) is 5.71. The second-order valence-electron chi connectivity index (χ2n) is 7.06. The third-order valence-corrected chi connectivity index (χ3v) is 7.11. The van der Waals surface area contributed by atoms with Crippen molar-refractivity contribution >= 4 is 21.6 Å². The highest BCUT2D eigenvalue weighted by molar-refractivity contribution is 7.89. The fourth-order valence-electron chi connectivity index (χ4n) is 3.32. The molecule has 1 heterocycles. The molecular weight excluding hydrogens is 381 g/mol. The molecule has 6 nitrogen and oxygen atoms in total. The van der Waals surface area contributed by atoms with Gasteiger partial charge in [-0.05, 0) is 43.2 Å². The molecule has 0 unspecified atom stereocenters. The summed E-state index contributed by atoms with van der Waals surface area (Å²) in [7, 11) is -3.86. The number of piperazine rings is 1. The number of sulfonamides is 1. The highest BCUT2D eigenvalue weighted by atomic mass is 32.2. The van der Waals surface area contributed by atoms with Gasteiger partial charge in [-0.2, -0.15) is 4.31 Å². The van der Waals surface area contributed by atoms with Gasteiger partial charge in [0.2, 0.25) is 10.0 Å². The first-order valence-electron chi connectivity index (χ1n) is 9.23. The maximum atomic E-state index is 13.9. The average molecular weight is 407 g/mol. The van der Waals surface area contributed by atoms with Gasteiger partial charge < -0.3 is 10.2 Å². The van der Waals surface area contributed by atoms with Crippen LogP contribution in [0.2, 0.25) is 0 Å². The van der Waals surface area contributed by atoms with Crippen molar-refractivity contribution in [1.82, 2.24) is 4.31 Å². The van der Waals surface area contributed by atoms with Gasteiger partial charge in [0, 0.05) is 5.69 Å². The summed E-state index contributed by atoms with van der Waals surface area (Å²) in [5.74, 6) is -0.848. The van der Waals surface area contributed by atoms with E-state index in [4.69, 9.17) is 0 Å². The first-order valence-corrected chi connectivity index (χ1v) is 10.7. The largest absolute Gasteiger partial charge is 0.325 e. The van der Waals surface area contributed by atoms with E-state index in [9.17, 15) is 17.6 Å². The topological polar surface area (TPSA) is 70.9 Å². The van der Waals surface area contributed by atoms with E-state index in [1.54, 1.807) is 0 Å². The summed E-state index contributed by atoms with van der Waals surface area (Å²) < 4.78 is 40.5. The number of nitrogens with zero attached hydrogens (tertiary/aromatic N) is 1. The molecule has 1 fully saturated rings. The van der Waals surface area contributed by atoms with Gasteiger partial charge in [0.15, 0.2) is 6.54 Å². The molecule has 0 saturated carbocycles. The summed E-state index contributed by atoms with van der Waals surface area (Å²) in [6, 6.07) is 11.2. The van der Waals surface area contributed by atoms with E-state index < -0.39 is 15.8 Å². The number of carbonyl (C=O) groups excluding carboxylic acids is 1. The van der Waals surface area contributed by atoms with Crippen molar-refractivity contribution in [1.29, 1.82) is 0 Å². The lowest BCUT2D eigenvalue weighted by molar-refractivity contribution is -0.895. The Kier molecular flexibility index (Phi) is 6.12. The number of amides is 1. The molecule has 8 heteroatoms. The number of rotatable bonds is 5. The van der Waals surface area contributed by atoms with E-state index in [0.717, 1.165) is 27.8 Å². The molecular formula is C20H25FN3O3S+. The summed E-state index contributed by atoms with van der Waals surface area (Å²) in [5.41, 5.74) is 2.94. The van der Waals surface area contributed by atoms with E-state index in [1.165, 1.54) is 22.5 Å². The summed E-state index contributed by atoms with van der Waals surface area (Å²) in [5, 5.41) is 2.93. The van der Waals surface area contributed by atoms with E-state index in [1.807, 2.05) is 32.0 Å². The molecule has 28 heavy (non-hydrogen) atoms. The van der Waals surface area contributed by atoms with E-state index in [0.29, 0.717) is 13.1 Å². The Morgan fingerprint density at radius 1 is 1.11 bits per heavy atom. The maximum absolute atomic E-state index is 13.9. The third kappa shape index (κ3) is 4.40. The van der Waals surface area contributed by atoms with E-state index in [-0.39, 0.29) is 30.4 Å². The summed E-state index contributed by atoms with van der Waals surface area (Å²) in [4.78, 5) is 13.1. The van der Waals surface area contributed by atoms with Gasteiger partial charge in [-0.25, -0.2) is 12.8 Å². The second-order valence-corrected chi connectivity index (χ2v) is 8.96. The quantitative estimate of drug-likeness (QED) is 0.778. The van der Waals surface area contributed by atoms with Gasteiger partial charge in [0.25, 0.3) is 5.91 Å². The molecule has 3 rings (SSSR count). The number of benzene rings is 2. The van der Waals surface area contributed by atoms with Crippen molar-refractivity contribution in [2.75, 3.05) is 38.0 Å². The lowest BCUT2D eigenvalue weighted by atomic mass is 10.1.